The maximum atomic E-state index is 11.6. The van der Waals surface area contributed by atoms with Crippen LogP contribution in [-0.4, -0.2) is 54.3 Å². The highest BCUT2D eigenvalue weighted by Crippen LogP contribution is 2.15. The van der Waals surface area contributed by atoms with Gasteiger partial charge in [-0.05, 0) is 0 Å². The summed E-state index contributed by atoms with van der Waals surface area (Å²) in [6.07, 6.45) is -1.50. The van der Waals surface area contributed by atoms with Crippen molar-refractivity contribution < 1.29 is 14.4 Å². The standard InChI is InChI=1S/C7H14N6O3/c1-12-3(10-5(8)14)4(11-6(9)15)13(2)7(12)16/h3-4H,1-2H3,(H3,8,10,14)(H3,9,11,15). The van der Waals surface area contributed by atoms with E-state index in [-0.39, 0.29) is 6.03 Å². The minimum atomic E-state index is -0.795. The molecule has 0 aromatic carbocycles. The third-order valence-electron chi connectivity index (χ3n) is 2.32. The summed E-state index contributed by atoms with van der Waals surface area (Å²) < 4.78 is 0. The van der Waals surface area contributed by atoms with Crippen molar-refractivity contribution in [3.05, 3.63) is 0 Å². The Hall–Kier alpha value is -2.19. The lowest BCUT2D eigenvalue weighted by Crippen LogP contribution is -2.58. The number of primary amides is 2. The molecule has 0 radical (unpaired) electrons. The molecular formula is C7H14N6O3. The third-order valence-corrected chi connectivity index (χ3v) is 2.32. The number of nitrogens with one attached hydrogen (secondary N) is 2. The van der Waals surface area contributed by atoms with Crippen molar-refractivity contribution in [3.8, 4) is 0 Å². The zero-order chi connectivity index (χ0) is 12.5. The molecule has 1 rings (SSSR count). The molecule has 0 aliphatic carbocycles. The van der Waals surface area contributed by atoms with Gasteiger partial charge >= 0.3 is 18.1 Å². The lowest BCUT2D eigenvalue weighted by molar-refractivity contribution is 0.197. The Morgan fingerprint density at radius 1 is 1.06 bits per heavy atom. The molecule has 0 spiro atoms. The van der Waals surface area contributed by atoms with Crippen LogP contribution in [0.2, 0.25) is 0 Å². The Labute approximate surface area is 91.7 Å². The number of nitrogens with zero attached hydrogens (tertiary/aromatic N) is 2. The molecule has 6 amide bonds. The Morgan fingerprint density at radius 3 is 1.62 bits per heavy atom. The van der Waals surface area contributed by atoms with Gasteiger partial charge in [-0.2, -0.15) is 0 Å². The highest BCUT2D eigenvalue weighted by Gasteiger charge is 2.43. The lowest BCUT2D eigenvalue weighted by Gasteiger charge is -2.25. The van der Waals surface area contributed by atoms with E-state index in [1.54, 1.807) is 0 Å². The fourth-order valence-corrected chi connectivity index (χ4v) is 1.55. The monoisotopic (exact) mass is 230 g/mol. The average molecular weight is 230 g/mol. The molecule has 1 heterocycles. The molecule has 9 nitrogen and oxygen atoms in total. The van der Waals surface area contributed by atoms with E-state index >= 15 is 0 Å². The second-order valence-electron chi connectivity index (χ2n) is 3.41. The van der Waals surface area contributed by atoms with Crippen molar-refractivity contribution in [2.45, 2.75) is 12.3 Å². The fourth-order valence-electron chi connectivity index (χ4n) is 1.55. The van der Waals surface area contributed by atoms with E-state index in [9.17, 15) is 14.4 Å². The first-order valence-electron chi connectivity index (χ1n) is 4.46. The zero-order valence-electron chi connectivity index (χ0n) is 8.93. The van der Waals surface area contributed by atoms with Crippen LogP contribution < -0.4 is 22.1 Å². The summed E-state index contributed by atoms with van der Waals surface area (Å²) >= 11 is 0. The third kappa shape index (κ3) is 2.07. The zero-order valence-corrected chi connectivity index (χ0v) is 8.93. The largest absolute Gasteiger partial charge is 0.352 e. The predicted molar refractivity (Wildman–Crippen MR) is 53.9 cm³/mol. The topological polar surface area (TPSA) is 134 Å². The Balaban J connectivity index is 2.87. The molecule has 0 bridgehead atoms. The van der Waals surface area contributed by atoms with E-state index in [1.165, 1.54) is 23.9 Å². The number of hydrogen-bond donors (Lipinski definition) is 4. The number of likely N-dealkylation sites (N-methyl/N-ethyl adjacent to an activating group) is 2. The van der Waals surface area contributed by atoms with Crippen LogP contribution in [0.1, 0.15) is 0 Å². The minimum Gasteiger partial charge on any atom is -0.352 e. The minimum absolute atomic E-state index is 0.363. The van der Waals surface area contributed by atoms with Crippen LogP contribution in [-0.2, 0) is 0 Å². The molecule has 0 aromatic heterocycles. The molecule has 90 valence electrons. The highest BCUT2D eigenvalue weighted by atomic mass is 16.2. The number of amides is 6. The molecule has 1 fully saturated rings. The molecule has 16 heavy (non-hydrogen) atoms. The van der Waals surface area contributed by atoms with Gasteiger partial charge in [0.15, 0.2) is 0 Å². The summed E-state index contributed by atoms with van der Waals surface area (Å²) in [5, 5.41) is 4.68. The molecule has 1 saturated heterocycles. The first-order chi connectivity index (χ1) is 7.34. The SMILES string of the molecule is CN1C(=O)N(C)C(NC(N)=O)C1NC(N)=O. The molecule has 9 heteroatoms. The number of carbonyl (C=O) groups excluding carboxylic acids is 3. The smallest absolute Gasteiger partial charge is 0.323 e. The van der Waals surface area contributed by atoms with Crippen molar-refractivity contribution in [2.75, 3.05) is 14.1 Å². The number of hydrogen-bond acceptors (Lipinski definition) is 3. The Morgan fingerprint density at radius 2 is 1.38 bits per heavy atom. The van der Waals surface area contributed by atoms with E-state index in [2.05, 4.69) is 10.6 Å². The molecule has 1 aliphatic heterocycles. The van der Waals surface area contributed by atoms with E-state index in [1.807, 2.05) is 0 Å². The summed E-state index contributed by atoms with van der Waals surface area (Å²) in [7, 11) is 2.95. The van der Waals surface area contributed by atoms with E-state index < -0.39 is 24.4 Å². The van der Waals surface area contributed by atoms with Crippen molar-refractivity contribution in [1.29, 1.82) is 0 Å². The second kappa shape index (κ2) is 4.13. The van der Waals surface area contributed by atoms with E-state index in [0.717, 1.165) is 0 Å². The highest BCUT2D eigenvalue weighted by molar-refractivity contribution is 5.81. The number of nitrogens with two attached hydrogens (primary N) is 2. The molecule has 1 aliphatic rings. The van der Waals surface area contributed by atoms with Crippen molar-refractivity contribution in [3.63, 3.8) is 0 Å². The molecule has 2 unspecified atom stereocenters. The van der Waals surface area contributed by atoms with Gasteiger partial charge in [0, 0.05) is 14.1 Å². The van der Waals surface area contributed by atoms with E-state index in [4.69, 9.17) is 11.5 Å². The summed E-state index contributed by atoms with van der Waals surface area (Å²) in [4.78, 5) is 35.6. The Kier molecular flexibility index (Phi) is 3.06. The van der Waals surface area contributed by atoms with Gasteiger partial charge in [-0.1, -0.05) is 0 Å². The van der Waals surface area contributed by atoms with Crippen molar-refractivity contribution in [2.24, 2.45) is 11.5 Å². The first-order valence-corrected chi connectivity index (χ1v) is 4.46. The maximum Gasteiger partial charge on any atom is 0.323 e. The molecule has 2 atom stereocenters. The van der Waals surface area contributed by atoms with Gasteiger partial charge < -0.3 is 31.9 Å². The normalized spacial score (nSPS) is 24.5. The maximum absolute atomic E-state index is 11.6. The van der Waals surface area contributed by atoms with Gasteiger partial charge in [0.05, 0.1) is 0 Å². The summed E-state index contributed by atoms with van der Waals surface area (Å²) in [5.74, 6) is 0. The first kappa shape index (κ1) is 11.9. The number of carbonyl (C=O) groups is 3. The van der Waals surface area contributed by atoms with Crippen LogP contribution in [0.4, 0.5) is 14.4 Å². The molecule has 6 N–H and O–H groups in total. The van der Waals surface area contributed by atoms with Gasteiger partial charge in [0.1, 0.15) is 12.3 Å². The van der Waals surface area contributed by atoms with Crippen LogP contribution in [0.15, 0.2) is 0 Å². The van der Waals surface area contributed by atoms with Crippen LogP contribution in [0.3, 0.4) is 0 Å². The van der Waals surface area contributed by atoms with E-state index in [0.29, 0.717) is 0 Å². The van der Waals surface area contributed by atoms with Crippen molar-refractivity contribution in [1.82, 2.24) is 20.4 Å². The van der Waals surface area contributed by atoms with Crippen LogP contribution in [0.5, 0.6) is 0 Å². The van der Waals surface area contributed by atoms with Crippen LogP contribution in [0.25, 0.3) is 0 Å². The molecule has 0 aromatic rings. The van der Waals surface area contributed by atoms with Gasteiger partial charge in [-0.25, -0.2) is 14.4 Å². The van der Waals surface area contributed by atoms with Gasteiger partial charge in [-0.15, -0.1) is 0 Å². The fraction of sp³-hybridized carbons (Fsp3) is 0.571. The number of urea groups is 3. The second-order valence-corrected chi connectivity index (χ2v) is 3.41. The van der Waals surface area contributed by atoms with Crippen molar-refractivity contribution >= 4 is 18.1 Å². The quantitative estimate of drug-likeness (QED) is 0.436. The predicted octanol–water partition coefficient (Wildman–Crippen LogP) is -2.03. The van der Waals surface area contributed by atoms with Crippen LogP contribution in [0, 0.1) is 0 Å². The molecule has 0 saturated carbocycles. The average Bonchev–Trinajstić information content (AvgIpc) is 2.34. The summed E-state index contributed by atoms with van der Waals surface area (Å²) in [6, 6.07) is -1.95. The van der Waals surface area contributed by atoms with Gasteiger partial charge in [0.25, 0.3) is 0 Å². The number of rotatable bonds is 2. The van der Waals surface area contributed by atoms with Gasteiger partial charge in [0.2, 0.25) is 0 Å². The van der Waals surface area contributed by atoms with Crippen LogP contribution >= 0.6 is 0 Å². The lowest BCUT2D eigenvalue weighted by atomic mass is 10.3. The van der Waals surface area contributed by atoms with Gasteiger partial charge in [-0.3, -0.25) is 0 Å². The summed E-state index contributed by atoms with van der Waals surface area (Å²) in [5.41, 5.74) is 9.94. The Bertz CT molecular complexity index is 302. The summed E-state index contributed by atoms with van der Waals surface area (Å²) in [6.45, 7) is 0. The molecular weight excluding hydrogens is 216 g/mol.